The second kappa shape index (κ2) is 12.4. The van der Waals surface area contributed by atoms with Crippen molar-refractivity contribution in [3.63, 3.8) is 0 Å². The molecular formula is C28H33N3O2S. The van der Waals surface area contributed by atoms with Gasteiger partial charge in [0.05, 0.1) is 17.4 Å². The summed E-state index contributed by atoms with van der Waals surface area (Å²) in [6.07, 6.45) is 1.00. The highest BCUT2D eigenvalue weighted by molar-refractivity contribution is 8.00. The molecule has 0 radical (unpaired) electrons. The van der Waals surface area contributed by atoms with Crippen LogP contribution in [0.5, 0.6) is 0 Å². The largest absolute Gasteiger partial charge is 0.350 e. The van der Waals surface area contributed by atoms with E-state index in [1.807, 2.05) is 63.5 Å². The number of thioether (sulfide) groups is 1. The summed E-state index contributed by atoms with van der Waals surface area (Å²) in [5.74, 6) is -0.0197. The second-order valence-corrected chi connectivity index (χ2v) is 9.50. The summed E-state index contributed by atoms with van der Waals surface area (Å²) < 4.78 is 0. The van der Waals surface area contributed by atoms with Gasteiger partial charge in [0, 0.05) is 17.1 Å². The summed E-state index contributed by atoms with van der Waals surface area (Å²) in [5.41, 5.74) is 4.95. The van der Waals surface area contributed by atoms with Gasteiger partial charge in [0.1, 0.15) is 0 Å². The van der Waals surface area contributed by atoms with Gasteiger partial charge < -0.3 is 15.5 Å². The first-order chi connectivity index (χ1) is 16.4. The first kappa shape index (κ1) is 25.5. The van der Waals surface area contributed by atoms with Gasteiger partial charge in [-0.2, -0.15) is 0 Å². The molecule has 1 atom stereocenters. The van der Waals surface area contributed by atoms with Crippen LogP contribution in [-0.4, -0.2) is 43.1 Å². The molecule has 0 aliphatic rings. The Morgan fingerprint density at radius 1 is 0.941 bits per heavy atom. The molecule has 178 valence electrons. The zero-order chi connectivity index (χ0) is 24.5. The lowest BCUT2D eigenvalue weighted by Crippen LogP contribution is -2.34. The van der Waals surface area contributed by atoms with Gasteiger partial charge in [-0.25, -0.2) is 0 Å². The van der Waals surface area contributed by atoms with Crippen LogP contribution in [0.25, 0.3) is 0 Å². The Labute approximate surface area is 207 Å². The third-order valence-corrected chi connectivity index (χ3v) is 6.75. The Hall–Kier alpha value is -3.09. The number of nitrogens with zero attached hydrogens (tertiary/aromatic N) is 1. The number of anilines is 1. The SMILES string of the molecule is CCc1ccc(C(CNC(=O)c2ccccc2SCC(=O)Nc2ccc(C)cc2)N(C)C)cc1. The lowest BCUT2D eigenvalue weighted by Gasteiger charge is -2.25. The zero-order valence-electron chi connectivity index (χ0n) is 20.3. The van der Waals surface area contributed by atoms with Crippen molar-refractivity contribution in [3.8, 4) is 0 Å². The molecule has 1 unspecified atom stereocenters. The third-order valence-electron chi connectivity index (χ3n) is 5.68. The molecule has 0 heterocycles. The maximum atomic E-state index is 13.0. The van der Waals surface area contributed by atoms with E-state index in [0.717, 1.165) is 28.1 Å². The maximum absolute atomic E-state index is 13.0. The Morgan fingerprint density at radius 3 is 2.26 bits per heavy atom. The molecule has 3 aromatic carbocycles. The molecule has 0 saturated carbocycles. The monoisotopic (exact) mass is 475 g/mol. The normalized spacial score (nSPS) is 11.8. The standard InChI is InChI=1S/C28H33N3O2S/c1-5-21-12-14-22(15-13-21)25(31(3)4)18-29-28(33)24-8-6-7-9-26(24)34-19-27(32)30-23-16-10-20(2)11-17-23/h6-17,25H,5,18-19H2,1-4H3,(H,29,33)(H,30,32). The van der Waals surface area contributed by atoms with E-state index in [-0.39, 0.29) is 23.6 Å². The van der Waals surface area contributed by atoms with Crippen LogP contribution in [0.3, 0.4) is 0 Å². The summed E-state index contributed by atoms with van der Waals surface area (Å²) in [7, 11) is 4.03. The molecule has 0 saturated heterocycles. The molecule has 3 rings (SSSR count). The van der Waals surface area contributed by atoms with Gasteiger partial charge in [-0.05, 0) is 62.8 Å². The van der Waals surface area contributed by atoms with Crippen LogP contribution in [0.15, 0.2) is 77.7 Å². The minimum Gasteiger partial charge on any atom is -0.350 e. The molecule has 0 bridgehead atoms. The number of rotatable bonds is 10. The van der Waals surface area contributed by atoms with Gasteiger partial charge >= 0.3 is 0 Å². The van der Waals surface area contributed by atoms with E-state index < -0.39 is 0 Å². The number of carbonyl (C=O) groups excluding carboxylic acids is 2. The van der Waals surface area contributed by atoms with Crippen molar-refractivity contribution in [1.82, 2.24) is 10.2 Å². The summed E-state index contributed by atoms with van der Waals surface area (Å²) in [5, 5.41) is 5.99. The fraction of sp³-hybridized carbons (Fsp3) is 0.286. The molecule has 6 heteroatoms. The predicted molar refractivity (Wildman–Crippen MR) is 142 cm³/mol. The van der Waals surface area contributed by atoms with Crippen LogP contribution < -0.4 is 10.6 Å². The van der Waals surface area contributed by atoms with Crippen molar-refractivity contribution in [3.05, 3.63) is 95.1 Å². The second-order valence-electron chi connectivity index (χ2n) is 8.48. The van der Waals surface area contributed by atoms with Crippen LogP contribution in [0.4, 0.5) is 5.69 Å². The molecule has 2 N–H and O–H groups in total. The first-order valence-corrected chi connectivity index (χ1v) is 12.5. The highest BCUT2D eigenvalue weighted by Crippen LogP contribution is 2.24. The van der Waals surface area contributed by atoms with Crippen molar-refractivity contribution in [2.75, 3.05) is 31.7 Å². The van der Waals surface area contributed by atoms with Gasteiger partial charge in [0.2, 0.25) is 5.91 Å². The van der Waals surface area contributed by atoms with E-state index in [1.54, 1.807) is 6.07 Å². The Bertz CT molecular complexity index is 1100. The van der Waals surface area contributed by atoms with Crippen LogP contribution in [0.1, 0.15) is 40.0 Å². The van der Waals surface area contributed by atoms with Crippen molar-refractivity contribution in [1.29, 1.82) is 0 Å². The van der Waals surface area contributed by atoms with Gasteiger partial charge in [0.15, 0.2) is 0 Å². The van der Waals surface area contributed by atoms with Crippen LogP contribution in [0.2, 0.25) is 0 Å². The number of aryl methyl sites for hydroxylation is 2. The van der Waals surface area contributed by atoms with E-state index >= 15 is 0 Å². The number of benzene rings is 3. The van der Waals surface area contributed by atoms with Gasteiger partial charge in [-0.15, -0.1) is 11.8 Å². The van der Waals surface area contributed by atoms with E-state index in [1.165, 1.54) is 17.3 Å². The number of amides is 2. The van der Waals surface area contributed by atoms with Gasteiger partial charge in [-0.1, -0.05) is 61.0 Å². The molecule has 0 fully saturated rings. The number of nitrogens with one attached hydrogen (secondary N) is 2. The predicted octanol–water partition coefficient (Wildman–Crippen LogP) is 5.32. The van der Waals surface area contributed by atoms with Gasteiger partial charge in [-0.3, -0.25) is 9.59 Å². The maximum Gasteiger partial charge on any atom is 0.252 e. The highest BCUT2D eigenvalue weighted by Gasteiger charge is 2.18. The molecule has 0 aliphatic carbocycles. The van der Waals surface area contributed by atoms with Crippen LogP contribution in [0, 0.1) is 6.92 Å². The number of likely N-dealkylation sites (N-methyl/N-ethyl adjacent to an activating group) is 1. The van der Waals surface area contributed by atoms with Crippen molar-refractivity contribution in [2.45, 2.75) is 31.2 Å². The smallest absolute Gasteiger partial charge is 0.252 e. The van der Waals surface area contributed by atoms with Crippen LogP contribution in [-0.2, 0) is 11.2 Å². The third kappa shape index (κ3) is 7.20. The number of hydrogen-bond donors (Lipinski definition) is 2. The highest BCUT2D eigenvalue weighted by atomic mass is 32.2. The first-order valence-electron chi connectivity index (χ1n) is 11.5. The molecular weight excluding hydrogens is 442 g/mol. The average molecular weight is 476 g/mol. The fourth-order valence-corrected chi connectivity index (χ4v) is 4.47. The minimum atomic E-state index is -0.140. The molecule has 34 heavy (non-hydrogen) atoms. The summed E-state index contributed by atoms with van der Waals surface area (Å²) in [6, 6.07) is 23.7. The summed E-state index contributed by atoms with van der Waals surface area (Å²) in [4.78, 5) is 28.3. The van der Waals surface area contributed by atoms with E-state index in [0.29, 0.717) is 12.1 Å². The van der Waals surface area contributed by atoms with Gasteiger partial charge in [0.25, 0.3) is 5.91 Å². The Morgan fingerprint density at radius 2 is 1.62 bits per heavy atom. The number of hydrogen-bond acceptors (Lipinski definition) is 4. The van der Waals surface area contributed by atoms with Crippen molar-refractivity contribution < 1.29 is 9.59 Å². The van der Waals surface area contributed by atoms with Crippen LogP contribution >= 0.6 is 11.8 Å². The minimum absolute atomic E-state index is 0.0648. The topological polar surface area (TPSA) is 61.4 Å². The quantitative estimate of drug-likeness (QED) is 0.390. The number of carbonyl (C=O) groups is 2. The Kier molecular flexibility index (Phi) is 9.31. The molecule has 0 aromatic heterocycles. The summed E-state index contributed by atoms with van der Waals surface area (Å²) >= 11 is 1.36. The fourth-order valence-electron chi connectivity index (χ4n) is 3.62. The van der Waals surface area contributed by atoms with E-state index in [2.05, 4.69) is 46.7 Å². The molecule has 2 amide bonds. The van der Waals surface area contributed by atoms with Crippen molar-refractivity contribution >= 4 is 29.3 Å². The average Bonchev–Trinajstić information content (AvgIpc) is 2.84. The van der Waals surface area contributed by atoms with E-state index in [4.69, 9.17) is 0 Å². The van der Waals surface area contributed by atoms with E-state index in [9.17, 15) is 9.59 Å². The lowest BCUT2D eigenvalue weighted by atomic mass is 10.0. The molecule has 3 aromatic rings. The zero-order valence-corrected chi connectivity index (χ0v) is 21.1. The molecule has 0 aliphatic heterocycles. The summed E-state index contributed by atoms with van der Waals surface area (Å²) in [6.45, 7) is 4.64. The van der Waals surface area contributed by atoms with Crippen molar-refractivity contribution in [2.24, 2.45) is 0 Å². The molecule has 5 nitrogen and oxygen atoms in total. The molecule has 0 spiro atoms. The lowest BCUT2D eigenvalue weighted by molar-refractivity contribution is -0.113. The Balaban J connectivity index is 1.61.